The van der Waals surface area contributed by atoms with Gasteiger partial charge in [-0.3, -0.25) is 9.88 Å². The van der Waals surface area contributed by atoms with Gasteiger partial charge in [0.1, 0.15) is 0 Å². The maximum Gasteiger partial charge on any atom is 0.0484 e. The summed E-state index contributed by atoms with van der Waals surface area (Å²) in [4.78, 5) is 9.47. The predicted molar refractivity (Wildman–Crippen MR) is 98.1 cm³/mol. The van der Waals surface area contributed by atoms with Gasteiger partial charge in [-0.2, -0.15) is 0 Å². The zero-order chi connectivity index (χ0) is 16.4. The molecular weight excluding hydrogens is 294 g/mol. The van der Waals surface area contributed by atoms with E-state index in [4.69, 9.17) is 0 Å². The van der Waals surface area contributed by atoms with Crippen molar-refractivity contribution in [2.75, 3.05) is 33.2 Å². The number of likely N-dealkylation sites (N-methyl/N-ethyl adjacent to an activating group) is 1. The lowest BCUT2D eigenvalue weighted by atomic mass is 9.74. The number of fused-ring (bicyclic) bond motifs is 2. The molecule has 0 N–H and O–H groups in total. The van der Waals surface area contributed by atoms with Crippen LogP contribution in [0, 0.1) is 0 Å². The number of pyridine rings is 1. The number of hydrogen-bond donors (Lipinski definition) is 0. The molecule has 0 atom stereocenters. The molecule has 3 nitrogen and oxygen atoms in total. The summed E-state index contributed by atoms with van der Waals surface area (Å²) in [6, 6.07) is 13.3. The summed E-state index contributed by atoms with van der Waals surface area (Å²) in [6.07, 6.45) is 8.63. The molecule has 2 aromatic rings. The first-order chi connectivity index (χ1) is 11.8. The SMILES string of the molecule is CN1CCc2ccccc2C12CCN(CCc1cccnc1)CC2. The third kappa shape index (κ3) is 2.87. The average molecular weight is 321 g/mol. The quantitative estimate of drug-likeness (QED) is 0.866. The molecule has 0 radical (unpaired) electrons. The topological polar surface area (TPSA) is 19.4 Å². The fourth-order valence-electron chi connectivity index (χ4n) is 4.53. The molecule has 24 heavy (non-hydrogen) atoms. The van der Waals surface area contributed by atoms with Crippen LogP contribution in [-0.4, -0.2) is 48.0 Å². The lowest BCUT2D eigenvalue weighted by molar-refractivity contribution is 0.0284. The van der Waals surface area contributed by atoms with E-state index in [0.29, 0.717) is 0 Å². The Balaban J connectivity index is 1.44. The number of likely N-dealkylation sites (tertiary alicyclic amines) is 1. The van der Waals surface area contributed by atoms with Crippen LogP contribution in [0.5, 0.6) is 0 Å². The van der Waals surface area contributed by atoms with Gasteiger partial charge < -0.3 is 4.90 Å². The van der Waals surface area contributed by atoms with Crippen LogP contribution in [0.25, 0.3) is 0 Å². The second kappa shape index (κ2) is 6.66. The molecule has 0 saturated carbocycles. The van der Waals surface area contributed by atoms with Crippen molar-refractivity contribution in [1.82, 2.24) is 14.8 Å². The van der Waals surface area contributed by atoms with Crippen molar-refractivity contribution >= 4 is 0 Å². The second-order valence-electron chi connectivity index (χ2n) is 7.31. The fourth-order valence-corrected chi connectivity index (χ4v) is 4.53. The number of hydrogen-bond acceptors (Lipinski definition) is 3. The Labute approximate surface area is 145 Å². The zero-order valence-corrected chi connectivity index (χ0v) is 14.6. The summed E-state index contributed by atoms with van der Waals surface area (Å²) in [5.74, 6) is 0. The summed E-state index contributed by atoms with van der Waals surface area (Å²) in [6.45, 7) is 4.72. The van der Waals surface area contributed by atoms with Crippen LogP contribution >= 0.6 is 0 Å². The van der Waals surface area contributed by atoms with Crippen LogP contribution in [-0.2, 0) is 18.4 Å². The highest BCUT2D eigenvalue weighted by Crippen LogP contribution is 2.42. The average Bonchev–Trinajstić information content (AvgIpc) is 2.65. The van der Waals surface area contributed by atoms with Crippen LogP contribution in [0.15, 0.2) is 48.8 Å². The summed E-state index contributed by atoms with van der Waals surface area (Å²) in [5, 5.41) is 0. The molecular formula is C21H27N3. The van der Waals surface area contributed by atoms with Crippen LogP contribution in [0.4, 0.5) is 0 Å². The minimum absolute atomic E-state index is 0.264. The maximum atomic E-state index is 4.23. The van der Waals surface area contributed by atoms with Gasteiger partial charge in [-0.25, -0.2) is 0 Å². The van der Waals surface area contributed by atoms with E-state index in [0.717, 1.165) is 13.0 Å². The molecule has 3 heterocycles. The van der Waals surface area contributed by atoms with Crippen LogP contribution < -0.4 is 0 Å². The first-order valence-electron chi connectivity index (χ1n) is 9.19. The Morgan fingerprint density at radius 2 is 1.88 bits per heavy atom. The molecule has 3 heteroatoms. The summed E-state index contributed by atoms with van der Waals surface area (Å²) >= 11 is 0. The van der Waals surface area contributed by atoms with Gasteiger partial charge in [0.25, 0.3) is 0 Å². The molecule has 0 bridgehead atoms. The molecule has 1 aromatic carbocycles. The van der Waals surface area contributed by atoms with Gasteiger partial charge >= 0.3 is 0 Å². The van der Waals surface area contributed by atoms with E-state index in [1.165, 1.54) is 44.5 Å². The van der Waals surface area contributed by atoms with Crippen molar-refractivity contribution in [1.29, 1.82) is 0 Å². The Hall–Kier alpha value is -1.71. The van der Waals surface area contributed by atoms with Gasteiger partial charge in [0.05, 0.1) is 0 Å². The molecule has 0 amide bonds. The van der Waals surface area contributed by atoms with Crippen LogP contribution in [0.3, 0.4) is 0 Å². The molecule has 0 aliphatic carbocycles. The van der Waals surface area contributed by atoms with E-state index in [2.05, 4.69) is 52.2 Å². The van der Waals surface area contributed by atoms with Gasteiger partial charge in [0.15, 0.2) is 0 Å². The molecule has 1 fully saturated rings. The van der Waals surface area contributed by atoms with Crippen molar-refractivity contribution in [2.24, 2.45) is 0 Å². The van der Waals surface area contributed by atoms with Crippen molar-refractivity contribution in [2.45, 2.75) is 31.2 Å². The molecule has 1 spiro atoms. The Bertz CT molecular complexity index is 674. The molecule has 0 unspecified atom stereocenters. The fraction of sp³-hybridized carbons (Fsp3) is 0.476. The Morgan fingerprint density at radius 3 is 2.67 bits per heavy atom. The molecule has 126 valence electrons. The molecule has 1 aromatic heterocycles. The van der Waals surface area contributed by atoms with Crippen molar-refractivity contribution in [3.05, 3.63) is 65.5 Å². The summed E-state index contributed by atoms with van der Waals surface area (Å²) in [7, 11) is 2.32. The van der Waals surface area contributed by atoms with Gasteiger partial charge in [0, 0.05) is 44.1 Å². The number of aromatic nitrogens is 1. The van der Waals surface area contributed by atoms with E-state index in [1.807, 2.05) is 18.5 Å². The number of benzene rings is 1. The Morgan fingerprint density at radius 1 is 1.04 bits per heavy atom. The minimum Gasteiger partial charge on any atom is -0.303 e. The summed E-state index contributed by atoms with van der Waals surface area (Å²) < 4.78 is 0. The summed E-state index contributed by atoms with van der Waals surface area (Å²) in [5.41, 5.74) is 4.77. The first-order valence-corrected chi connectivity index (χ1v) is 9.19. The Kier molecular flexibility index (Phi) is 4.38. The van der Waals surface area contributed by atoms with Gasteiger partial charge in [-0.05, 0) is 55.5 Å². The lowest BCUT2D eigenvalue weighted by Gasteiger charge is -2.51. The van der Waals surface area contributed by atoms with Crippen molar-refractivity contribution < 1.29 is 0 Å². The van der Waals surface area contributed by atoms with E-state index < -0.39 is 0 Å². The van der Waals surface area contributed by atoms with E-state index >= 15 is 0 Å². The van der Waals surface area contributed by atoms with E-state index in [-0.39, 0.29) is 5.54 Å². The van der Waals surface area contributed by atoms with Crippen molar-refractivity contribution in [3.8, 4) is 0 Å². The highest BCUT2D eigenvalue weighted by Gasteiger charge is 2.42. The molecule has 2 aliphatic heterocycles. The van der Waals surface area contributed by atoms with Gasteiger partial charge in [0.2, 0.25) is 0 Å². The highest BCUT2D eigenvalue weighted by atomic mass is 15.2. The van der Waals surface area contributed by atoms with Crippen LogP contribution in [0.2, 0.25) is 0 Å². The maximum absolute atomic E-state index is 4.23. The van der Waals surface area contributed by atoms with E-state index in [1.54, 1.807) is 11.1 Å². The normalized spacial score (nSPS) is 20.9. The van der Waals surface area contributed by atoms with E-state index in [9.17, 15) is 0 Å². The predicted octanol–water partition coefficient (Wildman–Crippen LogP) is 3.10. The monoisotopic (exact) mass is 321 g/mol. The first kappa shape index (κ1) is 15.8. The lowest BCUT2D eigenvalue weighted by Crippen LogP contribution is -2.54. The van der Waals surface area contributed by atoms with Gasteiger partial charge in [-0.15, -0.1) is 0 Å². The smallest absolute Gasteiger partial charge is 0.0484 e. The van der Waals surface area contributed by atoms with Gasteiger partial charge in [-0.1, -0.05) is 30.3 Å². The zero-order valence-electron chi connectivity index (χ0n) is 14.6. The minimum atomic E-state index is 0.264. The molecule has 4 rings (SSSR count). The third-order valence-electron chi connectivity index (χ3n) is 6.09. The molecule has 1 saturated heterocycles. The standard InChI is InChI=1S/C21H27N3/c1-23-13-9-19-6-2-3-7-20(19)21(23)10-15-24(16-11-21)14-8-18-5-4-12-22-17-18/h2-7,12,17H,8-11,13-16H2,1H3. The number of nitrogens with zero attached hydrogens (tertiary/aromatic N) is 3. The van der Waals surface area contributed by atoms with Crippen LogP contribution in [0.1, 0.15) is 29.5 Å². The number of rotatable bonds is 3. The van der Waals surface area contributed by atoms with Crippen molar-refractivity contribution in [3.63, 3.8) is 0 Å². The third-order valence-corrected chi connectivity index (χ3v) is 6.09. The highest BCUT2D eigenvalue weighted by molar-refractivity contribution is 5.37. The largest absolute Gasteiger partial charge is 0.303 e. The second-order valence-corrected chi connectivity index (χ2v) is 7.31. The number of piperidine rings is 1. The molecule has 2 aliphatic rings.